The van der Waals surface area contributed by atoms with Crippen molar-refractivity contribution in [2.24, 2.45) is 7.05 Å². The van der Waals surface area contributed by atoms with Crippen LogP contribution in [0.5, 0.6) is 0 Å². The number of fused-ring (bicyclic) bond motifs is 1. The highest BCUT2D eigenvalue weighted by atomic mass is 32.2. The van der Waals surface area contributed by atoms with Crippen LogP contribution in [0.4, 0.5) is 5.69 Å². The van der Waals surface area contributed by atoms with Crippen LogP contribution in [0.1, 0.15) is 33.2 Å². The van der Waals surface area contributed by atoms with Gasteiger partial charge in [0.1, 0.15) is 6.33 Å². The molecule has 0 saturated heterocycles. The number of carbonyl (C=O) groups is 3. The van der Waals surface area contributed by atoms with Crippen LogP contribution >= 0.6 is 23.5 Å². The lowest BCUT2D eigenvalue weighted by molar-refractivity contribution is -0.115. The van der Waals surface area contributed by atoms with Crippen molar-refractivity contribution in [3.8, 4) is 0 Å². The van der Waals surface area contributed by atoms with E-state index in [2.05, 4.69) is 26.4 Å². The van der Waals surface area contributed by atoms with E-state index in [-0.39, 0.29) is 11.2 Å². The first kappa shape index (κ1) is 21.9. The van der Waals surface area contributed by atoms with Gasteiger partial charge in [0.15, 0.2) is 5.16 Å². The molecule has 2 aromatic carbocycles. The van der Waals surface area contributed by atoms with Crippen molar-refractivity contribution >= 4 is 46.9 Å². The molecule has 32 heavy (non-hydrogen) atoms. The van der Waals surface area contributed by atoms with Crippen LogP contribution in [0.25, 0.3) is 0 Å². The molecule has 1 aromatic heterocycles. The maximum absolute atomic E-state index is 12.4. The Morgan fingerprint density at radius 3 is 2.50 bits per heavy atom. The van der Waals surface area contributed by atoms with Gasteiger partial charge in [-0.25, -0.2) is 0 Å². The summed E-state index contributed by atoms with van der Waals surface area (Å²) >= 11 is 2.98. The number of hydrogen-bond donors (Lipinski definition) is 3. The molecule has 3 amide bonds. The minimum atomic E-state index is -0.476. The third-order valence-corrected chi connectivity index (χ3v) is 7.00. The van der Waals surface area contributed by atoms with Crippen LogP contribution in [0.3, 0.4) is 0 Å². The summed E-state index contributed by atoms with van der Waals surface area (Å²) in [7, 11) is 1.88. The maximum atomic E-state index is 12.4. The largest absolute Gasteiger partial charge is 0.324 e. The monoisotopic (exact) mass is 468 g/mol. The van der Waals surface area contributed by atoms with Gasteiger partial charge in [-0.05, 0) is 42.8 Å². The lowest BCUT2D eigenvalue weighted by atomic mass is 10.1. The second-order valence-corrected chi connectivity index (χ2v) is 9.40. The van der Waals surface area contributed by atoms with Crippen molar-refractivity contribution in [1.82, 2.24) is 25.6 Å². The number of nitrogens with one attached hydrogen (secondary N) is 3. The Bertz CT molecular complexity index is 1180. The van der Waals surface area contributed by atoms with Crippen molar-refractivity contribution in [3.63, 3.8) is 0 Å². The molecule has 0 spiro atoms. The molecule has 2 heterocycles. The van der Waals surface area contributed by atoms with E-state index >= 15 is 0 Å². The Kier molecular flexibility index (Phi) is 6.47. The zero-order chi connectivity index (χ0) is 22.7. The first-order valence-corrected chi connectivity index (χ1v) is 11.6. The van der Waals surface area contributed by atoms with Crippen molar-refractivity contribution in [3.05, 3.63) is 65.5 Å². The van der Waals surface area contributed by atoms with E-state index in [0.717, 1.165) is 15.6 Å². The average Bonchev–Trinajstić information content (AvgIpc) is 3.21. The molecular formula is C21H20N6O3S2. The van der Waals surface area contributed by atoms with Crippen molar-refractivity contribution in [2.75, 3.05) is 5.32 Å². The second kappa shape index (κ2) is 9.45. The Balaban J connectivity index is 1.31. The molecule has 3 N–H and O–H groups in total. The molecule has 0 bridgehead atoms. The lowest BCUT2D eigenvalue weighted by Gasteiger charge is -2.21. The van der Waals surface area contributed by atoms with Gasteiger partial charge in [-0.2, -0.15) is 0 Å². The number of nitrogens with zero attached hydrogens (tertiary/aromatic N) is 3. The van der Waals surface area contributed by atoms with Gasteiger partial charge in [-0.1, -0.05) is 23.9 Å². The summed E-state index contributed by atoms with van der Waals surface area (Å²) < 4.78 is 1.84. The summed E-state index contributed by atoms with van der Waals surface area (Å²) in [6, 6.07) is 12.1. The van der Waals surface area contributed by atoms with Crippen LogP contribution in [-0.2, 0) is 17.6 Å². The summed E-state index contributed by atoms with van der Waals surface area (Å²) in [6.07, 6.45) is 1.64. The number of aryl methyl sites for hydroxylation is 1. The van der Waals surface area contributed by atoms with Crippen LogP contribution in [0.15, 0.2) is 58.8 Å². The van der Waals surface area contributed by atoms with Crippen molar-refractivity contribution in [1.29, 1.82) is 0 Å². The fourth-order valence-electron chi connectivity index (χ4n) is 2.91. The van der Waals surface area contributed by atoms with E-state index < -0.39 is 11.8 Å². The number of thioether (sulfide) groups is 2. The second-order valence-electron chi connectivity index (χ2n) is 7.08. The van der Waals surface area contributed by atoms with Crippen LogP contribution < -0.4 is 16.2 Å². The fourth-order valence-corrected chi connectivity index (χ4v) is 4.69. The zero-order valence-electron chi connectivity index (χ0n) is 17.3. The fraction of sp³-hybridized carbons (Fsp3) is 0.190. The standard InChI is InChI=1S/C21H20N6O3S2/c1-12-18(28)23-16-9-15(7-8-17(16)32-12)20(30)25-24-19(29)14-5-3-13(4-6-14)10-31-21-26-22-11-27(21)2/h3-9,11-12H,10H2,1-2H3,(H,23,28)(H,24,29)(H,25,30). The van der Waals surface area contributed by atoms with E-state index in [9.17, 15) is 14.4 Å². The van der Waals surface area contributed by atoms with E-state index in [1.54, 1.807) is 48.4 Å². The van der Waals surface area contributed by atoms with Gasteiger partial charge in [-0.15, -0.1) is 22.0 Å². The molecule has 0 radical (unpaired) electrons. The number of rotatable bonds is 5. The van der Waals surface area contributed by atoms with Gasteiger partial charge in [-0.3, -0.25) is 25.2 Å². The maximum Gasteiger partial charge on any atom is 0.269 e. The van der Waals surface area contributed by atoms with Gasteiger partial charge in [0.2, 0.25) is 5.91 Å². The van der Waals surface area contributed by atoms with E-state index in [0.29, 0.717) is 22.6 Å². The first-order valence-electron chi connectivity index (χ1n) is 9.68. The first-order chi connectivity index (χ1) is 15.4. The number of hydrazine groups is 1. The molecule has 9 nitrogen and oxygen atoms in total. The number of anilines is 1. The van der Waals surface area contributed by atoms with Gasteiger partial charge in [0, 0.05) is 28.8 Å². The Morgan fingerprint density at radius 1 is 1.12 bits per heavy atom. The predicted molar refractivity (Wildman–Crippen MR) is 122 cm³/mol. The highest BCUT2D eigenvalue weighted by Crippen LogP contribution is 2.35. The molecule has 0 fully saturated rings. The van der Waals surface area contributed by atoms with Crippen LogP contribution in [-0.4, -0.2) is 37.7 Å². The van der Waals surface area contributed by atoms with E-state index in [1.165, 1.54) is 11.8 Å². The molecule has 1 aliphatic heterocycles. The number of aromatic nitrogens is 3. The highest BCUT2D eigenvalue weighted by molar-refractivity contribution is 8.01. The van der Waals surface area contributed by atoms with Crippen LogP contribution in [0, 0.1) is 0 Å². The molecule has 0 saturated carbocycles. The normalized spacial score (nSPS) is 14.9. The third kappa shape index (κ3) is 4.94. The van der Waals surface area contributed by atoms with Gasteiger partial charge >= 0.3 is 0 Å². The van der Waals surface area contributed by atoms with Gasteiger partial charge in [0.25, 0.3) is 11.8 Å². The molecule has 1 atom stereocenters. The Morgan fingerprint density at radius 2 is 1.81 bits per heavy atom. The summed E-state index contributed by atoms with van der Waals surface area (Å²) in [4.78, 5) is 37.6. The molecule has 0 aliphatic carbocycles. The summed E-state index contributed by atoms with van der Waals surface area (Å²) in [5.41, 5.74) is 7.19. The Hall–Kier alpha value is -3.31. The molecule has 164 valence electrons. The molecule has 1 unspecified atom stereocenters. The SMILES string of the molecule is CC1Sc2ccc(C(=O)NNC(=O)c3ccc(CSc4nncn4C)cc3)cc2NC1=O. The number of benzene rings is 2. The number of hydrogen-bond acceptors (Lipinski definition) is 7. The van der Waals surface area contributed by atoms with Crippen molar-refractivity contribution < 1.29 is 14.4 Å². The van der Waals surface area contributed by atoms with E-state index in [1.807, 2.05) is 30.7 Å². The van der Waals surface area contributed by atoms with Crippen molar-refractivity contribution in [2.45, 2.75) is 28.0 Å². The summed E-state index contributed by atoms with van der Waals surface area (Å²) in [5.74, 6) is -0.319. The molecule has 4 rings (SSSR count). The minimum Gasteiger partial charge on any atom is -0.324 e. The molecule has 11 heteroatoms. The minimum absolute atomic E-state index is 0.105. The summed E-state index contributed by atoms with van der Waals surface area (Å²) in [6.45, 7) is 1.82. The third-order valence-electron chi connectivity index (χ3n) is 4.72. The van der Waals surface area contributed by atoms with Crippen LogP contribution in [0.2, 0.25) is 0 Å². The van der Waals surface area contributed by atoms with E-state index in [4.69, 9.17) is 0 Å². The Labute approximate surface area is 192 Å². The topological polar surface area (TPSA) is 118 Å². The number of carbonyl (C=O) groups excluding carboxylic acids is 3. The van der Waals surface area contributed by atoms with Gasteiger partial charge in [0.05, 0.1) is 10.9 Å². The highest BCUT2D eigenvalue weighted by Gasteiger charge is 2.23. The molecule has 1 aliphatic rings. The summed E-state index contributed by atoms with van der Waals surface area (Å²) in [5, 5.41) is 11.3. The molecular weight excluding hydrogens is 448 g/mol. The molecule has 3 aromatic rings. The average molecular weight is 469 g/mol. The quantitative estimate of drug-likeness (QED) is 0.389. The number of amides is 3. The lowest BCUT2D eigenvalue weighted by Crippen LogP contribution is -2.41. The zero-order valence-corrected chi connectivity index (χ0v) is 18.9. The smallest absolute Gasteiger partial charge is 0.269 e. The predicted octanol–water partition coefficient (Wildman–Crippen LogP) is 2.61. The van der Waals surface area contributed by atoms with Gasteiger partial charge < -0.3 is 9.88 Å².